The molecule has 2 rings (SSSR count). The molecule has 1 aromatic carbocycles. The predicted molar refractivity (Wildman–Crippen MR) is 92.7 cm³/mol. The Balaban J connectivity index is 2.11. The lowest BCUT2D eigenvalue weighted by Crippen LogP contribution is -2.24. The highest BCUT2D eigenvalue weighted by Gasteiger charge is 2.13. The first kappa shape index (κ1) is 16.2. The fourth-order valence-electron chi connectivity index (χ4n) is 2.38. The molecule has 112 valence electrons. The zero-order chi connectivity index (χ0) is 15.1. The van der Waals surface area contributed by atoms with Gasteiger partial charge >= 0.3 is 0 Å². The molecule has 1 heterocycles. The summed E-state index contributed by atoms with van der Waals surface area (Å²) in [5.74, 6) is 0.464. The van der Waals surface area contributed by atoms with Crippen LogP contribution in [0.5, 0.6) is 0 Å². The van der Waals surface area contributed by atoms with E-state index < -0.39 is 0 Å². The third-order valence-electron chi connectivity index (χ3n) is 3.61. The topological polar surface area (TPSA) is 24.9 Å². The molecule has 0 saturated carbocycles. The summed E-state index contributed by atoms with van der Waals surface area (Å²) in [5.41, 5.74) is 3.83. The van der Waals surface area contributed by atoms with Gasteiger partial charge in [-0.05, 0) is 59.9 Å². The largest absolute Gasteiger partial charge is 0.316 e. The number of halogens is 1. The monoisotopic (exact) mass is 346 g/mol. The van der Waals surface area contributed by atoms with Crippen molar-refractivity contribution in [2.75, 3.05) is 13.1 Å². The summed E-state index contributed by atoms with van der Waals surface area (Å²) in [6.45, 7) is 6.39. The molecule has 1 N–H and O–H groups in total. The van der Waals surface area contributed by atoms with E-state index in [2.05, 4.69) is 76.5 Å². The number of nitrogens with zero attached hydrogens (tertiary/aromatic N) is 1. The summed E-state index contributed by atoms with van der Waals surface area (Å²) in [7, 11) is 0. The van der Waals surface area contributed by atoms with Crippen LogP contribution in [-0.2, 0) is 6.42 Å². The normalized spacial score (nSPS) is 12.3. The van der Waals surface area contributed by atoms with Crippen molar-refractivity contribution in [3.8, 4) is 0 Å². The molecule has 0 aliphatic heterocycles. The molecule has 1 atom stereocenters. The van der Waals surface area contributed by atoms with Crippen LogP contribution in [0.15, 0.2) is 47.1 Å². The number of hydrogen-bond acceptors (Lipinski definition) is 2. The van der Waals surface area contributed by atoms with Gasteiger partial charge in [-0.25, -0.2) is 0 Å². The molecule has 21 heavy (non-hydrogen) atoms. The van der Waals surface area contributed by atoms with Crippen molar-refractivity contribution in [3.63, 3.8) is 0 Å². The Bertz CT molecular complexity index is 534. The first-order valence-electron chi connectivity index (χ1n) is 7.56. The summed E-state index contributed by atoms with van der Waals surface area (Å²) in [5, 5.41) is 3.54. The van der Waals surface area contributed by atoms with E-state index in [1.54, 1.807) is 0 Å². The molecule has 1 unspecified atom stereocenters. The lowest BCUT2D eigenvalue weighted by atomic mass is 9.93. The van der Waals surface area contributed by atoms with Crippen molar-refractivity contribution in [1.29, 1.82) is 0 Å². The summed E-state index contributed by atoms with van der Waals surface area (Å²) >= 11 is 3.44. The van der Waals surface area contributed by atoms with Gasteiger partial charge in [-0.15, -0.1) is 0 Å². The Morgan fingerprint density at radius 3 is 2.52 bits per heavy atom. The van der Waals surface area contributed by atoms with Crippen LogP contribution in [0.2, 0.25) is 0 Å². The van der Waals surface area contributed by atoms with Gasteiger partial charge in [0, 0.05) is 28.8 Å². The zero-order valence-electron chi connectivity index (χ0n) is 12.8. The maximum absolute atomic E-state index is 4.51. The van der Waals surface area contributed by atoms with Crippen LogP contribution in [0.1, 0.15) is 36.1 Å². The van der Waals surface area contributed by atoms with Gasteiger partial charge in [-0.2, -0.15) is 0 Å². The van der Waals surface area contributed by atoms with Crippen molar-refractivity contribution in [2.24, 2.45) is 0 Å². The summed E-state index contributed by atoms with van der Waals surface area (Å²) in [4.78, 5) is 4.51. The maximum Gasteiger partial charge on any atom is 0.0413 e. The Labute approximate surface area is 136 Å². The van der Waals surface area contributed by atoms with Gasteiger partial charge in [0.2, 0.25) is 0 Å². The van der Waals surface area contributed by atoms with Crippen molar-refractivity contribution in [1.82, 2.24) is 10.3 Å². The molecule has 0 spiro atoms. The second-order valence-corrected chi connectivity index (χ2v) is 6.40. The first-order chi connectivity index (χ1) is 10.2. The van der Waals surface area contributed by atoms with Crippen molar-refractivity contribution in [3.05, 3.63) is 63.9 Å². The van der Waals surface area contributed by atoms with Crippen molar-refractivity contribution < 1.29 is 0 Å². The minimum Gasteiger partial charge on any atom is -0.316 e. The third kappa shape index (κ3) is 5.25. The zero-order valence-corrected chi connectivity index (χ0v) is 14.4. The van der Waals surface area contributed by atoms with Crippen LogP contribution in [0.25, 0.3) is 0 Å². The number of nitrogens with one attached hydrogen (secondary N) is 1. The number of pyridine rings is 1. The smallest absolute Gasteiger partial charge is 0.0413 e. The van der Waals surface area contributed by atoms with E-state index in [-0.39, 0.29) is 0 Å². The molecule has 3 heteroatoms. The minimum absolute atomic E-state index is 0.464. The van der Waals surface area contributed by atoms with Crippen molar-refractivity contribution >= 4 is 15.9 Å². The van der Waals surface area contributed by atoms with E-state index in [0.29, 0.717) is 5.92 Å². The van der Waals surface area contributed by atoms with Gasteiger partial charge in [0.25, 0.3) is 0 Å². The molecule has 0 bridgehead atoms. The molecular formula is C18H23BrN2. The van der Waals surface area contributed by atoms with Gasteiger partial charge in [0.05, 0.1) is 0 Å². The highest BCUT2D eigenvalue weighted by molar-refractivity contribution is 9.10. The van der Waals surface area contributed by atoms with Crippen molar-refractivity contribution in [2.45, 2.75) is 32.6 Å². The molecule has 0 amide bonds. The van der Waals surface area contributed by atoms with E-state index >= 15 is 0 Å². The number of aryl methyl sites for hydroxylation is 1. The average Bonchev–Trinajstić information content (AvgIpc) is 2.49. The summed E-state index contributed by atoms with van der Waals surface area (Å²) in [6, 6.07) is 13.0. The average molecular weight is 347 g/mol. The summed E-state index contributed by atoms with van der Waals surface area (Å²) < 4.78 is 1.03. The van der Waals surface area contributed by atoms with Gasteiger partial charge < -0.3 is 5.32 Å². The first-order valence-corrected chi connectivity index (χ1v) is 8.36. The van der Waals surface area contributed by atoms with Crippen LogP contribution >= 0.6 is 15.9 Å². The van der Waals surface area contributed by atoms with Crippen LogP contribution < -0.4 is 5.32 Å². The van der Waals surface area contributed by atoms with Gasteiger partial charge in [0.1, 0.15) is 0 Å². The molecule has 0 radical (unpaired) electrons. The third-order valence-corrected chi connectivity index (χ3v) is 4.08. The Hall–Kier alpha value is -1.19. The van der Waals surface area contributed by atoms with Crippen LogP contribution in [0.3, 0.4) is 0 Å². The number of aromatic nitrogens is 1. The Kier molecular flexibility index (Phi) is 6.40. The minimum atomic E-state index is 0.464. The van der Waals surface area contributed by atoms with E-state index in [1.807, 2.05) is 6.20 Å². The fraction of sp³-hybridized carbons (Fsp3) is 0.389. The molecule has 1 aromatic heterocycles. The van der Waals surface area contributed by atoms with Gasteiger partial charge in [-0.1, -0.05) is 36.8 Å². The highest BCUT2D eigenvalue weighted by Crippen LogP contribution is 2.21. The van der Waals surface area contributed by atoms with E-state index in [9.17, 15) is 0 Å². The molecule has 0 saturated heterocycles. The summed E-state index contributed by atoms with van der Waals surface area (Å²) in [6.07, 6.45) is 4.01. The second kappa shape index (κ2) is 8.30. The maximum atomic E-state index is 4.51. The van der Waals surface area contributed by atoms with E-state index in [0.717, 1.165) is 36.1 Å². The number of hydrogen-bond donors (Lipinski definition) is 1. The highest BCUT2D eigenvalue weighted by atomic mass is 79.9. The van der Waals surface area contributed by atoms with E-state index in [4.69, 9.17) is 0 Å². The Morgan fingerprint density at radius 1 is 1.14 bits per heavy atom. The van der Waals surface area contributed by atoms with Gasteiger partial charge in [0.15, 0.2) is 0 Å². The SMILES string of the molecule is CCCNCC(Cc1ccc(Br)cn1)c1ccc(C)cc1. The lowest BCUT2D eigenvalue weighted by Gasteiger charge is -2.18. The number of benzene rings is 1. The predicted octanol–water partition coefficient (Wildman–Crippen LogP) is 4.48. The number of rotatable bonds is 7. The lowest BCUT2D eigenvalue weighted by molar-refractivity contribution is 0.572. The quantitative estimate of drug-likeness (QED) is 0.747. The van der Waals surface area contributed by atoms with Crippen LogP contribution in [-0.4, -0.2) is 18.1 Å². The van der Waals surface area contributed by atoms with Crippen LogP contribution in [0, 0.1) is 6.92 Å². The van der Waals surface area contributed by atoms with E-state index in [1.165, 1.54) is 11.1 Å². The standard InChI is InChI=1S/C18H23BrN2/c1-3-10-20-12-16(15-6-4-14(2)5-7-15)11-18-9-8-17(19)13-21-18/h4-9,13,16,20H,3,10-12H2,1-2H3. The molecule has 2 aromatic rings. The Morgan fingerprint density at radius 2 is 1.90 bits per heavy atom. The molecule has 2 nitrogen and oxygen atoms in total. The molecular weight excluding hydrogens is 324 g/mol. The fourth-order valence-corrected chi connectivity index (χ4v) is 2.61. The molecule has 0 aliphatic carbocycles. The van der Waals surface area contributed by atoms with Gasteiger partial charge in [-0.3, -0.25) is 4.98 Å². The molecule has 0 aliphatic rings. The molecule has 0 fully saturated rings. The van der Waals surface area contributed by atoms with Crippen LogP contribution in [0.4, 0.5) is 0 Å². The second-order valence-electron chi connectivity index (χ2n) is 5.48.